The van der Waals surface area contributed by atoms with Crippen LogP contribution in [-0.2, 0) is 20.9 Å². The van der Waals surface area contributed by atoms with Gasteiger partial charge in [0.05, 0.1) is 12.9 Å². The van der Waals surface area contributed by atoms with Crippen LogP contribution in [0.25, 0.3) is 0 Å². The minimum atomic E-state index is -0.498. The van der Waals surface area contributed by atoms with Gasteiger partial charge in [0.1, 0.15) is 11.6 Å². The molecule has 0 unspecified atom stereocenters. The fraction of sp³-hybridized carbons (Fsp3) is 0.222. The van der Waals surface area contributed by atoms with Crippen molar-refractivity contribution in [3.05, 3.63) is 59.9 Å². The van der Waals surface area contributed by atoms with Gasteiger partial charge in [-0.05, 0) is 30.3 Å². The van der Waals surface area contributed by atoms with Gasteiger partial charge in [-0.15, -0.1) is 11.8 Å². The summed E-state index contributed by atoms with van der Waals surface area (Å²) < 4.78 is 23.4. The van der Waals surface area contributed by atoms with Gasteiger partial charge in [0, 0.05) is 17.0 Å². The molecule has 0 aromatic heterocycles. The quantitative estimate of drug-likeness (QED) is 0.577. The number of carbonyl (C=O) groups excluding carboxylic acids is 2. The standard InChI is InChI=1S/C18H18FNO4S/c1-23-14-6-8-15(9-7-14)25-12-18(22)24-11-17(21)20-10-13-4-2-3-5-16(13)19/h2-9H,10-12H2,1H3,(H,20,21). The SMILES string of the molecule is COc1ccc(SCC(=O)OCC(=O)NCc2ccccc2F)cc1. The molecule has 2 aromatic carbocycles. The number of carbonyl (C=O) groups is 2. The Morgan fingerprint density at radius 2 is 1.84 bits per heavy atom. The van der Waals surface area contributed by atoms with E-state index < -0.39 is 24.3 Å². The van der Waals surface area contributed by atoms with Crippen LogP contribution in [0.15, 0.2) is 53.4 Å². The first-order chi connectivity index (χ1) is 12.1. The number of amides is 1. The molecular weight excluding hydrogens is 345 g/mol. The second-order valence-corrected chi connectivity index (χ2v) is 6.04. The van der Waals surface area contributed by atoms with E-state index in [0.29, 0.717) is 5.56 Å². The van der Waals surface area contributed by atoms with Gasteiger partial charge in [-0.25, -0.2) is 4.39 Å². The molecule has 0 bridgehead atoms. The zero-order valence-corrected chi connectivity index (χ0v) is 14.5. The first-order valence-electron chi connectivity index (χ1n) is 7.51. The van der Waals surface area contributed by atoms with E-state index in [9.17, 15) is 14.0 Å². The van der Waals surface area contributed by atoms with Crippen molar-refractivity contribution in [2.45, 2.75) is 11.4 Å². The van der Waals surface area contributed by atoms with Crippen molar-refractivity contribution in [3.8, 4) is 5.75 Å². The lowest BCUT2D eigenvalue weighted by molar-refractivity contribution is -0.145. The number of halogens is 1. The van der Waals surface area contributed by atoms with E-state index in [1.165, 1.54) is 17.8 Å². The predicted molar refractivity (Wildman–Crippen MR) is 92.9 cm³/mol. The molecule has 0 aliphatic carbocycles. The van der Waals surface area contributed by atoms with Crippen molar-refractivity contribution in [1.29, 1.82) is 0 Å². The van der Waals surface area contributed by atoms with Crippen LogP contribution in [0.2, 0.25) is 0 Å². The van der Waals surface area contributed by atoms with E-state index in [1.807, 2.05) is 12.1 Å². The molecule has 0 spiro atoms. The minimum Gasteiger partial charge on any atom is -0.497 e. The summed E-state index contributed by atoms with van der Waals surface area (Å²) in [6, 6.07) is 13.4. The first kappa shape index (κ1) is 18.8. The van der Waals surface area contributed by atoms with Gasteiger partial charge >= 0.3 is 5.97 Å². The maximum absolute atomic E-state index is 13.4. The molecular formula is C18H18FNO4S. The van der Waals surface area contributed by atoms with Crippen molar-refractivity contribution in [3.63, 3.8) is 0 Å². The van der Waals surface area contributed by atoms with Gasteiger partial charge in [0.2, 0.25) is 0 Å². The van der Waals surface area contributed by atoms with Crippen molar-refractivity contribution in [2.24, 2.45) is 0 Å². The smallest absolute Gasteiger partial charge is 0.316 e. The second kappa shape index (κ2) is 9.68. The van der Waals surface area contributed by atoms with Crippen molar-refractivity contribution < 1.29 is 23.5 Å². The number of hydrogen-bond donors (Lipinski definition) is 1. The molecule has 0 radical (unpaired) electrons. The molecule has 1 amide bonds. The van der Waals surface area contributed by atoms with Crippen LogP contribution in [-0.4, -0.2) is 31.3 Å². The van der Waals surface area contributed by atoms with Gasteiger partial charge < -0.3 is 14.8 Å². The number of rotatable bonds is 8. The highest BCUT2D eigenvalue weighted by molar-refractivity contribution is 8.00. The van der Waals surface area contributed by atoms with Gasteiger partial charge in [0.15, 0.2) is 6.61 Å². The van der Waals surface area contributed by atoms with E-state index in [4.69, 9.17) is 9.47 Å². The molecule has 0 atom stereocenters. The maximum Gasteiger partial charge on any atom is 0.316 e. The Hall–Kier alpha value is -2.54. The Balaban J connectivity index is 1.66. The Kier molecular flexibility index (Phi) is 7.28. The van der Waals surface area contributed by atoms with Crippen molar-refractivity contribution in [1.82, 2.24) is 5.32 Å². The van der Waals surface area contributed by atoms with Gasteiger partial charge in [-0.2, -0.15) is 0 Å². The highest BCUT2D eigenvalue weighted by Crippen LogP contribution is 2.21. The van der Waals surface area contributed by atoms with E-state index in [2.05, 4.69) is 5.32 Å². The van der Waals surface area contributed by atoms with E-state index in [-0.39, 0.29) is 12.3 Å². The Labute approximate surface area is 149 Å². The summed E-state index contributed by atoms with van der Waals surface area (Å²) in [5, 5.41) is 2.50. The predicted octanol–water partition coefficient (Wildman–Crippen LogP) is 2.79. The van der Waals surface area contributed by atoms with Crippen LogP contribution in [0.3, 0.4) is 0 Å². The number of methoxy groups -OCH3 is 1. The fourth-order valence-corrected chi connectivity index (χ4v) is 2.58. The maximum atomic E-state index is 13.4. The zero-order chi connectivity index (χ0) is 18.1. The number of benzene rings is 2. The molecule has 0 aliphatic heterocycles. The largest absolute Gasteiger partial charge is 0.497 e. The monoisotopic (exact) mass is 363 g/mol. The molecule has 0 heterocycles. The van der Waals surface area contributed by atoms with E-state index in [1.54, 1.807) is 37.4 Å². The summed E-state index contributed by atoms with van der Waals surface area (Å²) in [6.07, 6.45) is 0. The molecule has 0 saturated carbocycles. The lowest BCUT2D eigenvalue weighted by Crippen LogP contribution is -2.29. The Morgan fingerprint density at radius 3 is 2.52 bits per heavy atom. The summed E-state index contributed by atoms with van der Waals surface area (Å²) >= 11 is 1.30. The number of nitrogens with one attached hydrogen (secondary N) is 1. The molecule has 25 heavy (non-hydrogen) atoms. The van der Waals surface area contributed by atoms with Crippen LogP contribution in [0.5, 0.6) is 5.75 Å². The molecule has 2 aromatic rings. The van der Waals surface area contributed by atoms with Crippen molar-refractivity contribution in [2.75, 3.05) is 19.5 Å². The van der Waals surface area contributed by atoms with E-state index in [0.717, 1.165) is 10.6 Å². The van der Waals surface area contributed by atoms with Gasteiger partial charge in [-0.1, -0.05) is 18.2 Å². The summed E-state index contributed by atoms with van der Waals surface area (Å²) in [6.45, 7) is -0.347. The third kappa shape index (κ3) is 6.46. The fourth-order valence-electron chi connectivity index (χ4n) is 1.89. The third-order valence-electron chi connectivity index (χ3n) is 3.21. The molecule has 5 nitrogen and oxygen atoms in total. The van der Waals surface area contributed by atoms with Crippen LogP contribution in [0.4, 0.5) is 4.39 Å². The molecule has 0 aliphatic rings. The van der Waals surface area contributed by atoms with Crippen LogP contribution in [0, 0.1) is 5.82 Å². The van der Waals surface area contributed by atoms with Crippen LogP contribution in [0.1, 0.15) is 5.56 Å². The number of esters is 1. The molecule has 132 valence electrons. The first-order valence-corrected chi connectivity index (χ1v) is 8.49. The Morgan fingerprint density at radius 1 is 1.12 bits per heavy atom. The van der Waals surface area contributed by atoms with E-state index >= 15 is 0 Å². The average molecular weight is 363 g/mol. The van der Waals surface area contributed by atoms with Crippen molar-refractivity contribution >= 4 is 23.6 Å². The Bertz CT molecular complexity index is 721. The molecule has 2 rings (SSSR count). The summed E-state index contributed by atoms with van der Waals surface area (Å²) in [4.78, 5) is 24.2. The highest BCUT2D eigenvalue weighted by atomic mass is 32.2. The topological polar surface area (TPSA) is 64.6 Å². The minimum absolute atomic E-state index is 0.0453. The summed E-state index contributed by atoms with van der Waals surface area (Å²) in [7, 11) is 1.58. The van der Waals surface area contributed by atoms with Crippen LogP contribution >= 0.6 is 11.8 Å². The van der Waals surface area contributed by atoms with Gasteiger partial charge in [0.25, 0.3) is 5.91 Å². The summed E-state index contributed by atoms with van der Waals surface area (Å²) in [5.41, 5.74) is 0.372. The van der Waals surface area contributed by atoms with Crippen LogP contribution < -0.4 is 10.1 Å². The lowest BCUT2D eigenvalue weighted by Gasteiger charge is -2.07. The molecule has 0 saturated heterocycles. The number of ether oxygens (including phenoxy) is 2. The average Bonchev–Trinajstić information content (AvgIpc) is 2.64. The second-order valence-electron chi connectivity index (χ2n) is 4.99. The zero-order valence-electron chi connectivity index (χ0n) is 13.7. The highest BCUT2D eigenvalue weighted by Gasteiger charge is 2.09. The normalized spacial score (nSPS) is 10.2. The third-order valence-corrected chi connectivity index (χ3v) is 4.20. The molecule has 0 fully saturated rings. The lowest BCUT2D eigenvalue weighted by atomic mass is 10.2. The number of thioether (sulfide) groups is 1. The van der Waals surface area contributed by atoms with Gasteiger partial charge in [-0.3, -0.25) is 9.59 Å². The molecule has 1 N–H and O–H groups in total. The summed E-state index contributed by atoms with van der Waals surface area (Å²) in [5.74, 6) is -0.547. The molecule has 7 heteroatoms. The number of hydrogen-bond acceptors (Lipinski definition) is 5.